The second kappa shape index (κ2) is 7.09. The lowest BCUT2D eigenvalue weighted by molar-refractivity contribution is 0.0442. The van der Waals surface area contributed by atoms with Crippen molar-refractivity contribution in [1.82, 2.24) is 9.80 Å². The van der Waals surface area contributed by atoms with Gasteiger partial charge in [-0.05, 0) is 56.0 Å². The number of hydrogen-bond acceptors (Lipinski definition) is 2. The van der Waals surface area contributed by atoms with E-state index in [1.807, 2.05) is 18.2 Å². The predicted molar refractivity (Wildman–Crippen MR) is 101 cm³/mol. The highest BCUT2D eigenvalue weighted by atomic mass is 19.1. The Bertz CT molecular complexity index is 775. The number of likely N-dealkylation sites (tertiary alicyclic amines) is 1. The molecular formula is C22H26F2N2. The molecule has 2 bridgehead atoms. The van der Waals surface area contributed by atoms with Crippen LogP contribution in [0.2, 0.25) is 0 Å². The molecule has 4 rings (SSSR count). The highest BCUT2D eigenvalue weighted by Crippen LogP contribution is 2.33. The summed E-state index contributed by atoms with van der Waals surface area (Å²) in [6.45, 7) is 7.73. The molecule has 0 amide bonds. The van der Waals surface area contributed by atoms with E-state index in [2.05, 4.69) is 29.7 Å². The molecule has 0 aromatic heterocycles. The van der Waals surface area contributed by atoms with Crippen LogP contribution in [0.4, 0.5) is 8.78 Å². The third-order valence-corrected chi connectivity index (χ3v) is 5.93. The summed E-state index contributed by atoms with van der Waals surface area (Å²) in [6, 6.07) is 13.6. The summed E-state index contributed by atoms with van der Waals surface area (Å²) in [4.78, 5) is 5.21. The summed E-state index contributed by atoms with van der Waals surface area (Å²) < 4.78 is 27.3. The number of nitrogens with zero attached hydrogens (tertiary/aromatic N) is 2. The molecule has 26 heavy (non-hydrogen) atoms. The van der Waals surface area contributed by atoms with Crippen molar-refractivity contribution >= 4 is 0 Å². The molecule has 2 atom stereocenters. The largest absolute Gasteiger partial charge is 0.298 e. The fourth-order valence-corrected chi connectivity index (χ4v) is 4.47. The Balaban J connectivity index is 1.53. The van der Waals surface area contributed by atoms with Crippen molar-refractivity contribution in [2.45, 2.75) is 51.4 Å². The summed E-state index contributed by atoms with van der Waals surface area (Å²) in [5.74, 6) is -1.05. The standard InChI is InChI=1S/C22H26F2N2/c1-15(2)25-13-19-7-8-20(14-25)26(19)12-16-4-3-5-17(10-16)21-9-6-18(23)11-22(21)24/h3-6,9-11,15,19-20H,7-8,12-14H2,1-2H3. The van der Waals surface area contributed by atoms with Crippen molar-refractivity contribution in [1.29, 1.82) is 0 Å². The summed E-state index contributed by atoms with van der Waals surface area (Å²) in [5.41, 5.74) is 2.47. The number of piperazine rings is 1. The van der Waals surface area contributed by atoms with E-state index in [0.29, 0.717) is 23.7 Å². The molecule has 2 unspecified atom stereocenters. The van der Waals surface area contributed by atoms with Gasteiger partial charge in [-0.25, -0.2) is 8.78 Å². The maximum atomic E-state index is 14.1. The maximum Gasteiger partial charge on any atom is 0.133 e. The Kier molecular flexibility index (Phi) is 4.80. The zero-order valence-corrected chi connectivity index (χ0v) is 15.5. The average Bonchev–Trinajstić information content (AvgIpc) is 2.83. The number of hydrogen-bond donors (Lipinski definition) is 0. The first-order valence-corrected chi connectivity index (χ1v) is 9.55. The van der Waals surface area contributed by atoms with Crippen molar-refractivity contribution < 1.29 is 8.78 Å². The van der Waals surface area contributed by atoms with Gasteiger partial charge in [-0.1, -0.05) is 18.2 Å². The van der Waals surface area contributed by atoms with Crippen molar-refractivity contribution in [3.05, 3.63) is 59.7 Å². The minimum Gasteiger partial charge on any atom is -0.298 e. The number of benzene rings is 2. The van der Waals surface area contributed by atoms with E-state index >= 15 is 0 Å². The lowest BCUT2D eigenvalue weighted by atomic mass is 10.0. The third kappa shape index (κ3) is 3.40. The van der Waals surface area contributed by atoms with Crippen molar-refractivity contribution in [2.75, 3.05) is 13.1 Å². The fourth-order valence-electron chi connectivity index (χ4n) is 4.47. The topological polar surface area (TPSA) is 6.48 Å². The van der Waals surface area contributed by atoms with Crippen LogP contribution in [0.15, 0.2) is 42.5 Å². The lowest BCUT2D eigenvalue weighted by Crippen LogP contribution is -2.54. The molecule has 2 aromatic carbocycles. The lowest BCUT2D eigenvalue weighted by Gasteiger charge is -2.43. The normalized spacial score (nSPS) is 23.7. The first kappa shape index (κ1) is 17.6. The third-order valence-electron chi connectivity index (χ3n) is 5.93. The zero-order chi connectivity index (χ0) is 18.3. The minimum atomic E-state index is -0.540. The molecule has 2 aromatic rings. The maximum absolute atomic E-state index is 14.1. The quantitative estimate of drug-likeness (QED) is 0.784. The van der Waals surface area contributed by atoms with Crippen molar-refractivity contribution in [3.63, 3.8) is 0 Å². The predicted octanol–water partition coefficient (Wildman–Crippen LogP) is 4.69. The van der Waals surface area contributed by atoms with Crippen LogP contribution in [-0.2, 0) is 6.54 Å². The molecule has 2 nitrogen and oxygen atoms in total. The van der Waals surface area contributed by atoms with E-state index in [9.17, 15) is 8.78 Å². The summed E-state index contributed by atoms with van der Waals surface area (Å²) in [7, 11) is 0. The second-order valence-corrected chi connectivity index (χ2v) is 7.93. The Morgan fingerprint density at radius 3 is 2.38 bits per heavy atom. The molecule has 0 spiro atoms. The molecule has 4 heteroatoms. The van der Waals surface area contributed by atoms with Crippen LogP contribution in [0.1, 0.15) is 32.3 Å². The van der Waals surface area contributed by atoms with Gasteiger partial charge in [0.1, 0.15) is 11.6 Å². The molecule has 0 radical (unpaired) electrons. The van der Waals surface area contributed by atoms with Gasteiger partial charge in [-0.15, -0.1) is 0 Å². The Labute approximate surface area is 154 Å². The summed E-state index contributed by atoms with van der Waals surface area (Å²) in [5, 5.41) is 0. The van der Waals surface area contributed by atoms with Crippen LogP contribution in [0.25, 0.3) is 11.1 Å². The van der Waals surface area contributed by atoms with Crippen LogP contribution in [0.5, 0.6) is 0 Å². The van der Waals surface area contributed by atoms with E-state index in [-0.39, 0.29) is 0 Å². The zero-order valence-electron chi connectivity index (χ0n) is 15.5. The van der Waals surface area contributed by atoms with E-state index in [1.165, 1.54) is 30.5 Å². The van der Waals surface area contributed by atoms with Gasteiger partial charge in [-0.2, -0.15) is 0 Å². The molecule has 0 aliphatic carbocycles. The van der Waals surface area contributed by atoms with Gasteiger partial charge in [0, 0.05) is 49.4 Å². The first-order valence-electron chi connectivity index (χ1n) is 9.55. The smallest absolute Gasteiger partial charge is 0.133 e. The van der Waals surface area contributed by atoms with E-state index in [1.54, 1.807) is 0 Å². The Morgan fingerprint density at radius 1 is 1.00 bits per heavy atom. The molecule has 2 fully saturated rings. The highest BCUT2D eigenvalue weighted by molar-refractivity contribution is 5.64. The molecule has 2 heterocycles. The highest BCUT2D eigenvalue weighted by Gasteiger charge is 2.40. The van der Waals surface area contributed by atoms with Crippen molar-refractivity contribution in [3.8, 4) is 11.1 Å². The van der Waals surface area contributed by atoms with Gasteiger partial charge >= 0.3 is 0 Å². The number of rotatable bonds is 4. The van der Waals surface area contributed by atoms with E-state index < -0.39 is 11.6 Å². The van der Waals surface area contributed by atoms with Crippen LogP contribution in [-0.4, -0.2) is 41.0 Å². The van der Waals surface area contributed by atoms with Crippen LogP contribution >= 0.6 is 0 Å². The van der Waals surface area contributed by atoms with Gasteiger partial charge < -0.3 is 0 Å². The monoisotopic (exact) mass is 356 g/mol. The van der Waals surface area contributed by atoms with Gasteiger partial charge in [0.15, 0.2) is 0 Å². The molecule has 2 aliphatic heterocycles. The molecule has 138 valence electrons. The van der Waals surface area contributed by atoms with Crippen LogP contribution < -0.4 is 0 Å². The van der Waals surface area contributed by atoms with Crippen LogP contribution in [0.3, 0.4) is 0 Å². The molecular weight excluding hydrogens is 330 g/mol. The van der Waals surface area contributed by atoms with Gasteiger partial charge in [0.2, 0.25) is 0 Å². The van der Waals surface area contributed by atoms with Crippen molar-refractivity contribution in [2.24, 2.45) is 0 Å². The van der Waals surface area contributed by atoms with Gasteiger partial charge in [0.05, 0.1) is 0 Å². The molecule has 2 aliphatic rings. The Hall–Kier alpha value is -1.78. The van der Waals surface area contributed by atoms with Gasteiger partial charge in [-0.3, -0.25) is 9.80 Å². The number of fused-ring (bicyclic) bond motifs is 2. The average molecular weight is 356 g/mol. The van der Waals surface area contributed by atoms with E-state index in [4.69, 9.17) is 0 Å². The summed E-state index contributed by atoms with van der Waals surface area (Å²) >= 11 is 0. The van der Waals surface area contributed by atoms with E-state index in [0.717, 1.165) is 31.3 Å². The van der Waals surface area contributed by atoms with Crippen LogP contribution in [0, 0.1) is 11.6 Å². The Morgan fingerprint density at radius 2 is 1.73 bits per heavy atom. The fraction of sp³-hybridized carbons (Fsp3) is 0.455. The minimum absolute atomic E-state index is 0.459. The summed E-state index contributed by atoms with van der Waals surface area (Å²) in [6.07, 6.45) is 2.53. The molecule has 0 saturated carbocycles. The van der Waals surface area contributed by atoms with Gasteiger partial charge in [0.25, 0.3) is 0 Å². The number of halogens is 2. The molecule has 0 N–H and O–H groups in total. The first-order chi connectivity index (χ1) is 12.5. The molecule has 2 saturated heterocycles. The SMILES string of the molecule is CC(C)N1CC2CCC(C1)N2Cc1cccc(-c2ccc(F)cc2F)c1. The second-order valence-electron chi connectivity index (χ2n) is 7.93.